The number of carbonyl (C=O) groups is 1. The summed E-state index contributed by atoms with van der Waals surface area (Å²) < 4.78 is 5.18. The maximum absolute atomic E-state index is 11.3. The van der Waals surface area contributed by atoms with Crippen LogP contribution in [0.1, 0.15) is 16.2 Å². The second-order valence-electron chi connectivity index (χ2n) is 3.99. The van der Waals surface area contributed by atoms with E-state index < -0.39 is 5.91 Å². The lowest BCUT2D eigenvalue weighted by Crippen LogP contribution is -2.12. The molecule has 0 spiro atoms. The highest BCUT2D eigenvalue weighted by Crippen LogP contribution is 2.37. The highest BCUT2D eigenvalue weighted by molar-refractivity contribution is 6.03. The number of fused-ring (bicyclic) bond motifs is 1. The minimum Gasteiger partial charge on any atom is -0.507 e. The highest BCUT2D eigenvalue weighted by Gasteiger charge is 2.23. The first-order valence-corrected chi connectivity index (χ1v) is 5.38. The number of nitrogens with one attached hydrogen (secondary N) is 1. The zero-order chi connectivity index (χ0) is 13.6. The summed E-state index contributed by atoms with van der Waals surface area (Å²) in [6.45, 7) is 1.77. The Balaban J connectivity index is 2.38. The normalized spacial score (nSPS) is 11.0. The first-order valence-electron chi connectivity index (χ1n) is 5.38. The molecule has 8 heteroatoms. The Hall–Kier alpha value is -2.90. The second-order valence-corrected chi connectivity index (χ2v) is 3.99. The number of hydrogen-bond acceptors (Lipinski definition) is 6. The zero-order valence-electron chi connectivity index (χ0n) is 9.84. The van der Waals surface area contributed by atoms with Gasteiger partial charge < -0.3 is 15.4 Å². The lowest BCUT2D eigenvalue weighted by molar-refractivity contribution is 0.0996. The summed E-state index contributed by atoms with van der Waals surface area (Å²) in [5.74, 6) is -0.851. The standard InChI is InChI=1S/C11H9N5O3/c1-4-5-2-3-6(17)7(10(5)19-15-4)8-9(11(12)18)14-16-13-8/h2-3,17H,1H3,(H2,12,18)(H,13,14,16). The minimum atomic E-state index is -0.753. The number of phenols is 1. The van der Waals surface area contributed by atoms with Crippen LogP contribution in [0.3, 0.4) is 0 Å². The number of nitrogens with two attached hydrogens (primary N) is 1. The Labute approximate surface area is 106 Å². The van der Waals surface area contributed by atoms with Gasteiger partial charge in [-0.05, 0) is 19.1 Å². The van der Waals surface area contributed by atoms with E-state index in [2.05, 4.69) is 20.6 Å². The maximum Gasteiger partial charge on any atom is 0.271 e. The van der Waals surface area contributed by atoms with Gasteiger partial charge in [-0.25, -0.2) is 0 Å². The average molecular weight is 259 g/mol. The molecule has 2 aromatic heterocycles. The molecular formula is C11H9N5O3. The Morgan fingerprint density at radius 2 is 2.21 bits per heavy atom. The number of aromatic hydroxyl groups is 1. The van der Waals surface area contributed by atoms with Gasteiger partial charge in [0.05, 0.1) is 11.3 Å². The molecular weight excluding hydrogens is 250 g/mol. The molecule has 8 nitrogen and oxygen atoms in total. The summed E-state index contributed by atoms with van der Waals surface area (Å²) in [4.78, 5) is 11.3. The van der Waals surface area contributed by atoms with Gasteiger partial charge in [-0.15, -0.1) is 0 Å². The van der Waals surface area contributed by atoms with E-state index in [1.165, 1.54) is 6.07 Å². The number of hydrogen-bond donors (Lipinski definition) is 3. The van der Waals surface area contributed by atoms with Gasteiger partial charge in [-0.3, -0.25) is 4.79 Å². The van der Waals surface area contributed by atoms with E-state index in [1.807, 2.05) is 0 Å². The molecule has 0 saturated heterocycles. The van der Waals surface area contributed by atoms with Crippen molar-refractivity contribution in [2.75, 3.05) is 0 Å². The molecule has 0 aliphatic heterocycles. The van der Waals surface area contributed by atoms with Gasteiger partial charge in [0.15, 0.2) is 11.3 Å². The van der Waals surface area contributed by atoms with Crippen molar-refractivity contribution in [1.82, 2.24) is 20.6 Å². The van der Waals surface area contributed by atoms with Crippen molar-refractivity contribution in [3.63, 3.8) is 0 Å². The van der Waals surface area contributed by atoms with E-state index in [0.717, 1.165) is 0 Å². The number of phenolic OH excluding ortho intramolecular Hbond substituents is 1. The van der Waals surface area contributed by atoms with Gasteiger partial charge in [0.2, 0.25) is 0 Å². The number of primary amides is 1. The van der Waals surface area contributed by atoms with E-state index >= 15 is 0 Å². The van der Waals surface area contributed by atoms with Crippen LogP contribution in [0, 0.1) is 6.92 Å². The number of rotatable bonds is 2. The van der Waals surface area contributed by atoms with Crippen LogP contribution < -0.4 is 5.73 Å². The fourth-order valence-corrected chi connectivity index (χ4v) is 1.92. The van der Waals surface area contributed by atoms with E-state index in [9.17, 15) is 9.90 Å². The van der Waals surface area contributed by atoms with Crippen LogP contribution in [0.5, 0.6) is 5.75 Å². The van der Waals surface area contributed by atoms with Gasteiger partial charge >= 0.3 is 0 Å². The molecule has 19 heavy (non-hydrogen) atoms. The predicted molar refractivity (Wildman–Crippen MR) is 64.3 cm³/mol. The molecule has 0 aliphatic carbocycles. The van der Waals surface area contributed by atoms with Gasteiger partial charge in [-0.1, -0.05) is 5.16 Å². The smallest absolute Gasteiger partial charge is 0.271 e. The predicted octanol–water partition coefficient (Wildman–Crippen LogP) is 0.726. The lowest BCUT2D eigenvalue weighted by Gasteiger charge is -2.02. The number of H-pyrrole nitrogens is 1. The van der Waals surface area contributed by atoms with Crippen LogP contribution in [0.15, 0.2) is 16.7 Å². The van der Waals surface area contributed by atoms with E-state index in [0.29, 0.717) is 16.7 Å². The fourth-order valence-electron chi connectivity index (χ4n) is 1.92. The summed E-state index contributed by atoms with van der Waals surface area (Å²) in [7, 11) is 0. The molecule has 0 fully saturated rings. The van der Waals surface area contributed by atoms with E-state index in [-0.39, 0.29) is 22.7 Å². The van der Waals surface area contributed by atoms with Gasteiger partial charge in [0.25, 0.3) is 5.91 Å². The molecule has 1 aromatic carbocycles. The van der Waals surface area contributed by atoms with Crippen molar-refractivity contribution in [3.8, 4) is 17.0 Å². The molecule has 2 heterocycles. The van der Waals surface area contributed by atoms with E-state index in [4.69, 9.17) is 10.3 Å². The number of carbonyl (C=O) groups excluding carboxylic acids is 1. The van der Waals surface area contributed by atoms with Gasteiger partial charge in [-0.2, -0.15) is 15.4 Å². The van der Waals surface area contributed by atoms with Crippen molar-refractivity contribution < 1.29 is 14.4 Å². The first-order chi connectivity index (χ1) is 9.09. The third-order valence-corrected chi connectivity index (χ3v) is 2.82. The van der Waals surface area contributed by atoms with Gasteiger partial charge in [0, 0.05) is 5.39 Å². The Kier molecular flexibility index (Phi) is 2.24. The topological polar surface area (TPSA) is 131 Å². The van der Waals surface area contributed by atoms with Crippen molar-refractivity contribution in [1.29, 1.82) is 0 Å². The largest absolute Gasteiger partial charge is 0.507 e. The molecule has 1 amide bonds. The summed E-state index contributed by atoms with van der Waals surface area (Å²) in [6, 6.07) is 3.14. The van der Waals surface area contributed by atoms with Crippen molar-refractivity contribution in [2.24, 2.45) is 5.73 Å². The zero-order valence-corrected chi connectivity index (χ0v) is 9.84. The van der Waals surface area contributed by atoms with Gasteiger partial charge in [0.1, 0.15) is 11.4 Å². The number of aromatic amines is 1. The summed E-state index contributed by atoms with van der Waals surface area (Å²) in [6.07, 6.45) is 0. The Morgan fingerprint density at radius 1 is 1.42 bits per heavy atom. The maximum atomic E-state index is 11.3. The molecule has 96 valence electrons. The quantitative estimate of drug-likeness (QED) is 0.621. The monoisotopic (exact) mass is 259 g/mol. The number of aromatic nitrogens is 4. The summed E-state index contributed by atoms with van der Waals surface area (Å²) >= 11 is 0. The van der Waals surface area contributed by atoms with E-state index in [1.54, 1.807) is 13.0 Å². The first kappa shape index (κ1) is 11.2. The number of amides is 1. The Bertz CT molecular complexity index is 789. The molecule has 3 aromatic rings. The van der Waals surface area contributed by atoms with Crippen LogP contribution in [-0.4, -0.2) is 31.6 Å². The van der Waals surface area contributed by atoms with Crippen molar-refractivity contribution >= 4 is 16.9 Å². The lowest BCUT2D eigenvalue weighted by atomic mass is 10.0. The van der Waals surface area contributed by atoms with Crippen LogP contribution in [0.25, 0.3) is 22.2 Å². The van der Waals surface area contributed by atoms with Crippen molar-refractivity contribution in [3.05, 3.63) is 23.5 Å². The number of benzene rings is 1. The third kappa shape index (κ3) is 1.53. The van der Waals surface area contributed by atoms with Crippen LogP contribution in [0.2, 0.25) is 0 Å². The minimum absolute atomic E-state index is 0.0724. The van der Waals surface area contributed by atoms with Crippen molar-refractivity contribution in [2.45, 2.75) is 6.92 Å². The molecule has 0 aliphatic rings. The highest BCUT2D eigenvalue weighted by atomic mass is 16.5. The number of nitrogens with zero attached hydrogens (tertiary/aromatic N) is 3. The molecule has 0 atom stereocenters. The second kappa shape index (κ2) is 3.80. The van der Waals surface area contributed by atoms with Crippen LogP contribution in [-0.2, 0) is 0 Å². The molecule has 0 bridgehead atoms. The molecule has 0 unspecified atom stereocenters. The third-order valence-electron chi connectivity index (χ3n) is 2.82. The fraction of sp³-hybridized carbons (Fsp3) is 0.0909. The summed E-state index contributed by atoms with van der Waals surface area (Å²) in [5.41, 5.74) is 6.50. The van der Waals surface area contributed by atoms with Crippen LogP contribution >= 0.6 is 0 Å². The molecule has 0 saturated carbocycles. The molecule has 0 radical (unpaired) electrons. The van der Waals surface area contributed by atoms with Crippen LogP contribution in [0.4, 0.5) is 0 Å². The number of aryl methyl sites for hydroxylation is 1. The molecule has 4 N–H and O–H groups in total. The summed E-state index contributed by atoms with van der Waals surface area (Å²) in [5, 5.41) is 24.3. The molecule has 3 rings (SSSR count). The average Bonchev–Trinajstić information content (AvgIpc) is 2.97. The SMILES string of the molecule is Cc1noc2c(-c3n[nH]nc3C(N)=O)c(O)ccc12. The Morgan fingerprint density at radius 3 is 2.95 bits per heavy atom.